The van der Waals surface area contributed by atoms with Crippen LogP contribution in [-0.4, -0.2) is 368 Å². The van der Waals surface area contributed by atoms with Gasteiger partial charge in [0.1, 0.15) is 141 Å². The van der Waals surface area contributed by atoms with Crippen LogP contribution < -0.4 is 21.3 Å². The zero-order valence-corrected chi connectivity index (χ0v) is 46.2. The maximum absolute atomic E-state index is 13.7. The number of carboxylic acids is 1. The third-order valence-electron chi connectivity index (χ3n) is 14.8. The highest BCUT2D eigenvalue weighted by atomic mass is 16.8. The number of aliphatic carboxylic acids is 1. The molecule has 30 atom stereocenters. The molecular weight excluding hydrogens is 1180 g/mol. The average Bonchev–Trinajstić information content (AvgIpc) is 0.934. The van der Waals surface area contributed by atoms with Crippen LogP contribution in [0.15, 0.2) is 0 Å². The molecule has 39 nitrogen and oxygen atoms in total. The molecule has 0 unspecified atom stereocenters. The number of hydrogen-bond acceptors (Lipinski definition) is 34. The van der Waals surface area contributed by atoms with Crippen molar-refractivity contribution in [1.29, 1.82) is 0 Å². The van der Waals surface area contributed by atoms with Crippen molar-refractivity contribution in [2.45, 2.75) is 210 Å². The van der Waals surface area contributed by atoms with Gasteiger partial charge in [-0.25, -0.2) is 4.79 Å². The third-order valence-corrected chi connectivity index (χ3v) is 14.8. The minimum Gasteiger partial charge on any atom is -0.477 e. The molecule has 5 heterocycles. The Labute approximate surface area is 487 Å². The van der Waals surface area contributed by atoms with E-state index in [0.29, 0.717) is 0 Å². The number of aliphatic hydroxyl groups is 19. The lowest BCUT2D eigenvalue weighted by molar-refractivity contribution is -0.394. The van der Waals surface area contributed by atoms with E-state index < -0.39 is 272 Å². The fourth-order valence-electron chi connectivity index (χ4n) is 10.4. The highest BCUT2D eigenvalue weighted by Crippen LogP contribution is 2.41. The van der Waals surface area contributed by atoms with Crippen LogP contribution in [0.25, 0.3) is 0 Å². The van der Waals surface area contributed by atoms with Crippen molar-refractivity contribution in [3.63, 3.8) is 0 Å². The molecule has 86 heavy (non-hydrogen) atoms. The third kappa shape index (κ3) is 16.8. The van der Waals surface area contributed by atoms with E-state index in [1.165, 1.54) is 0 Å². The van der Waals surface area contributed by atoms with E-state index in [4.69, 9.17) is 47.4 Å². The molecule has 0 aromatic heterocycles. The number of carboxylic acid groups (broad SMARTS) is 1. The molecule has 0 spiro atoms. The van der Waals surface area contributed by atoms with Gasteiger partial charge >= 0.3 is 5.97 Å². The van der Waals surface area contributed by atoms with Crippen LogP contribution in [0, 0.1) is 0 Å². The van der Waals surface area contributed by atoms with Gasteiger partial charge in [0, 0.05) is 27.2 Å². The molecule has 498 valence electrons. The van der Waals surface area contributed by atoms with Crippen LogP contribution in [0.2, 0.25) is 0 Å². The molecule has 0 aliphatic carbocycles. The summed E-state index contributed by atoms with van der Waals surface area (Å²) in [5.74, 6) is -9.70. The molecule has 5 fully saturated rings. The Morgan fingerprint density at radius 3 is 1.57 bits per heavy atom. The molecule has 24 N–H and O–H groups in total. The number of hydrogen-bond donors (Lipinski definition) is 24. The summed E-state index contributed by atoms with van der Waals surface area (Å²) in [6.07, 6.45) is -55.4. The summed E-state index contributed by atoms with van der Waals surface area (Å²) in [6, 6.07) is -7.57. The summed E-state index contributed by atoms with van der Waals surface area (Å²) in [5, 5.41) is 224. The van der Waals surface area contributed by atoms with E-state index in [9.17, 15) is 126 Å². The van der Waals surface area contributed by atoms with Crippen molar-refractivity contribution in [3.8, 4) is 0 Å². The molecule has 0 saturated carbocycles. The van der Waals surface area contributed by atoms with Crippen LogP contribution in [0.3, 0.4) is 0 Å². The van der Waals surface area contributed by atoms with Crippen molar-refractivity contribution in [1.82, 2.24) is 21.3 Å². The molecule has 39 heteroatoms. The molecule has 0 aromatic carbocycles. The van der Waals surface area contributed by atoms with Crippen molar-refractivity contribution >= 4 is 29.6 Å². The van der Waals surface area contributed by atoms with E-state index in [2.05, 4.69) is 21.3 Å². The summed E-state index contributed by atoms with van der Waals surface area (Å²) in [7, 11) is 0. The zero-order valence-electron chi connectivity index (χ0n) is 46.2. The summed E-state index contributed by atoms with van der Waals surface area (Å²) in [4.78, 5) is 64.0. The average molecular weight is 1260 g/mol. The highest BCUT2D eigenvalue weighted by molar-refractivity contribution is 5.78. The predicted octanol–water partition coefficient (Wildman–Crippen LogP) is -15.7. The Balaban J connectivity index is 1.59. The Kier molecular flexibility index (Phi) is 27.4. The van der Waals surface area contributed by atoms with E-state index in [-0.39, 0.29) is 0 Å². The van der Waals surface area contributed by atoms with Crippen LogP contribution in [0.5, 0.6) is 0 Å². The fourth-order valence-corrected chi connectivity index (χ4v) is 10.4. The summed E-state index contributed by atoms with van der Waals surface area (Å²) >= 11 is 0. The largest absolute Gasteiger partial charge is 0.477 e. The number of carbonyl (C=O) groups excluding carboxylic acids is 4. The number of amides is 4. The second kappa shape index (κ2) is 32.3. The molecule has 5 saturated heterocycles. The Hall–Kier alpha value is -3.81. The predicted molar refractivity (Wildman–Crippen MR) is 266 cm³/mol. The monoisotopic (exact) mass is 1260 g/mol. The quantitative estimate of drug-likeness (QED) is 0.0346. The minimum atomic E-state index is -3.45. The number of rotatable bonds is 28. The Morgan fingerprint density at radius 2 is 1.03 bits per heavy atom. The first-order valence-electron chi connectivity index (χ1n) is 26.8. The topological polar surface area (TPSA) is 630 Å². The van der Waals surface area contributed by atoms with Crippen molar-refractivity contribution in [2.24, 2.45) is 0 Å². The van der Waals surface area contributed by atoms with Gasteiger partial charge in [0.25, 0.3) is 5.79 Å². The van der Waals surface area contributed by atoms with Gasteiger partial charge in [-0.15, -0.1) is 0 Å². The van der Waals surface area contributed by atoms with Gasteiger partial charge in [0.2, 0.25) is 23.6 Å². The maximum atomic E-state index is 13.7. The number of nitrogens with one attached hydrogen (secondary N) is 4. The van der Waals surface area contributed by atoms with Gasteiger partial charge in [-0.3, -0.25) is 19.2 Å². The number of ether oxygens (including phenoxy) is 10. The molecule has 5 rings (SSSR count). The lowest BCUT2D eigenvalue weighted by Crippen LogP contribution is -2.74. The smallest absolute Gasteiger partial charge is 0.364 e. The van der Waals surface area contributed by atoms with Gasteiger partial charge in [-0.2, -0.15) is 0 Å². The van der Waals surface area contributed by atoms with Crippen molar-refractivity contribution < 1.29 is 173 Å². The second-order valence-corrected chi connectivity index (χ2v) is 20.9. The summed E-state index contributed by atoms with van der Waals surface area (Å²) in [5.41, 5.74) is 0. The standard InChI is InChI=1S/C47H80N4O35/c1-13(60)48-16(5-52)36(28(67)18(64)6-53)81-44-34(73)33(72)37(22(10-57)80-44)82-45-35(74)41(31(70)21(9-56)78-45)84-43-27(50-15(3)62)40(38(23(11-58)79-43)83-42-26(49-14(2)61)32(71)30(69)20(8-55)77-42)86-47(46(75)76)4-17(63)25(51-24(66)12-59)39(85-47)29(68)19(65)7-54/h16-23,25-45,52-59,63-65,67-74H,4-12H2,1-3H3,(H,48,60)(H,49,61)(H,50,62)(H,51,66)(H,75,76)/t16-,17-,18+,19+,20+,21+,22+,23+,25+,26+,27+,28-,29+,30-,31-,32+,33+,34+,35+,36+,37-,38-,39+,40+,41-,42-,43-,44-,45-,47-/m0/s1. The SMILES string of the molecule is CC(=O)N[C@H]1[C@H](O[C@@H]2[C@H](O[C@]3(C(=O)O)C[C@H](O)[C@@H](NC(=O)CO)[C@H]([C@H](O)[C@H](O)CO)O3)[C@@H](NC(C)=O)[C@H](O[C@H]3[C@@H](O)[C@@H](CO)O[C@@H](O[C@@H]4[C@H](O)[C@@H](O)[C@H](O[C@@H]([C@@H](O)[C@H](O)CO)[C@H](CO)NC(C)=O)O[C@@H]4CO)[C@@H]3O)O[C@@H]2CO)O[C@H](CO)[C@H](O)[C@@H]1O. The number of aliphatic hydroxyl groups excluding tert-OH is 19. The molecule has 5 aliphatic rings. The van der Waals surface area contributed by atoms with E-state index in [0.717, 1.165) is 20.8 Å². The van der Waals surface area contributed by atoms with E-state index >= 15 is 0 Å². The van der Waals surface area contributed by atoms with Gasteiger partial charge in [0.15, 0.2) is 25.2 Å². The lowest BCUT2D eigenvalue weighted by atomic mass is 9.87. The van der Waals surface area contributed by atoms with E-state index in [1.54, 1.807) is 0 Å². The van der Waals surface area contributed by atoms with Gasteiger partial charge < -0.3 is 171 Å². The van der Waals surface area contributed by atoms with Crippen molar-refractivity contribution in [3.05, 3.63) is 0 Å². The molecule has 0 radical (unpaired) electrons. The molecule has 0 aromatic rings. The van der Waals surface area contributed by atoms with Gasteiger partial charge in [-0.05, 0) is 0 Å². The van der Waals surface area contributed by atoms with Crippen LogP contribution in [0.1, 0.15) is 27.2 Å². The van der Waals surface area contributed by atoms with Gasteiger partial charge in [0.05, 0.1) is 64.4 Å². The zero-order chi connectivity index (χ0) is 64.4. The Bertz CT molecular complexity index is 2180. The van der Waals surface area contributed by atoms with E-state index in [1.807, 2.05) is 0 Å². The van der Waals surface area contributed by atoms with Crippen LogP contribution in [0.4, 0.5) is 0 Å². The second-order valence-electron chi connectivity index (χ2n) is 20.9. The molecular formula is C47H80N4O35. The number of carbonyl (C=O) groups is 5. The van der Waals surface area contributed by atoms with Crippen LogP contribution >= 0.6 is 0 Å². The van der Waals surface area contributed by atoms with Crippen molar-refractivity contribution in [2.75, 3.05) is 52.9 Å². The molecule has 0 bridgehead atoms. The fraction of sp³-hybridized carbons (Fsp3) is 0.894. The molecule has 5 aliphatic heterocycles. The van der Waals surface area contributed by atoms with Crippen LogP contribution in [-0.2, 0) is 71.3 Å². The first kappa shape index (κ1) is 72.9. The Morgan fingerprint density at radius 1 is 0.523 bits per heavy atom. The maximum Gasteiger partial charge on any atom is 0.364 e. The normalized spacial score (nSPS) is 40.7. The summed E-state index contributed by atoms with van der Waals surface area (Å²) in [6.45, 7) is -6.45. The lowest BCUT2D eigenvalue weighted by Gasteiger charge is -2.53. The highest BCUT2D eigenvalue weighted by Gasteiger charge is 2.62. The molecule has 4 amide bonds. The minimum absolute atomic E-state index is 0.795. The first-order valence-corrected chi connectivity index (χ1v) is 26.8. The first-order chi connectivity index (χ1) is 40.5. The van der Waals surface area contributed by atoms with Gasteiger partial charge in [-0.1, -0.05) is 0 Å². The summed E-state index contributed by atoms with van der Waals surface area (Å²) < 4.78 is 58.9.